The first kappa shape index (κ1) is 19.2. The van der Waals surface area contributed by atoms with Gasteiger partial charge in [-0.15, -0.1) is 0 Å². The van der Waals surface area contributed by atoms with Crippen LogP contribution in [-0.4, -0.2) is 48.8 Å². The first-order chi connectivity index (χ1) is 11.2. The van der Waals surface area contributed by atoms with E-state index >= 15 is 0 Å². The van der Waals surface area contributed by atoms with Crippen LogP contribution in [0.2, 0.25) is 0 Å². The van der Waals surface area contributed by atoms with Crippen LogP contribution in [0.3, 0.4) is 0 Å². The van der Waals surface area contributed by atoms with Crippen molar-refractivity contribution >= 4 is 23.6 Å². The molecule has 4 N–H and O–H groups in total. The number of hydrogen-bond donors (Lipinski definition) is 4. The van der Waals surface area contributed by atoms with Crippen molar-refractivity contribution in [1.82, 2.24) is 21.3 Å². The molecular formula is C15H22N4O5. The van der Waals surface area contributed by atoms with E-state index in [9.17, 15) is 19.2 Å². The Morgan fingerprint density at radius 2 is 1.46 bits per heavy atom. The van der Waals surface area contributed by atoms with Crippen LogP contribution < -0.4 is 21.3 Å². The SMILES string of the molecule is CC(C)(C)NC(=O)CNC(=O)CNC(=O)CNC(=O)c1ccco1. The van der Waals surface area contributed by atoms with Crippen molar-refractivity contribution in [3.63, 3.8) is 0 Å². The smallest absolute Gasteiger partial charge is 0.287 e. The second-order valence-electron chi connectivity index (χ2n) is 6.01. The van der Waals surface area contributed by atoms with Crippen molar-refractivity contribution in [2.24, 2.45) is 0 Å². The molecule has 0 fully saturated rings. The predicted octanol–water partition coefficient (Wildman–Crippen LogP) is -0.843. The summed E-state index contributed by atoms with van der Waals surface area (Å²) < 4.78 is 4.87. The molecule has 1 heterocycles. The van der Waals surface area contributed by atoms with E-state index in [2.05, 4.69) is 21.3 Å². The molecule has 0 atom stereocenters. The zero-order valence-electron chi connectivity index (χ0n) is 13.9. The van der Waals surface area contributed by atoms with E-state index < -0.39 is 17.7 Å². The summed E-state index contributed by atoms with van der Waals surface area (Å²) in [7, 11) is 0. The lowest BCUT2D eigenvalue weighted by Gasteiger charge is -2.20. The fourth-order valence-corrected chi connectivity index (χ4v) is 1.60. The number of nitrogens with one attached hydrogen (secondary N) is 4. The molecule has 9 heteroatoms. The Kier molecular flexibility index (Phi) is 6.97. The number of amides is 4. The third kappa shape index (κ3) is 7.97. The molecule has 4 amide bonds. The molecule has 0 spiro atoms. The molecule has 0 saturated heterocycles. The Bertz CT molecular complexity index is 590. The normalized spacial score (nSPS) is 10.6. The summed E-state index contributed by atoms with van der Waals surface area (Å²) in [5, 5.41) is 9.74. The summed E-state index contributed by atoms with van der Waals surface area (Å²) in [5.41, 5.74) is -0.387. The molecule has 0 aromatic carbocycles. The maximum atomic E-state index is 11.5. The van der Waals surface area contributed by atoms with Crippen molar-refractivity contribution in [2.45, 2.75) is 26.3 Å². The average molecular weight is 338 g/mol. The Morgan fingerprint density at radius 1 is 0.917 bits per heavy atom. The van der Waals surface area contributed by atoms with Gasteiger partial charge in [0, 0.05) is 5.54 Å². The van der Waals surface area contributed by atoms with Gasteiger partial charge in [0.05, 0.1) is 25.9 Å². The van der Waals surface area contributed by atoms with Crippen LogP contribution in [0.5, 0.6) is 0 Å². The molecular weight excluding hydrogens is 316 g/mol. The zero-order valence-corrected chi connectivity index (χ0v) is 13.9. The minimum Gasteiger partial charge on any atom is -0.459 e. The van der Waals surface area contributed by atoms with Gasteiger partial charge >= 0.3 is 0 Å². The first-order valence-corrected chi connectivity index (χ1v) is 7.33. The quantitative estimate of drug-likeness (QED) is 0.515. The Morgan fingerprint density at radius 3 is 1.96 bits per heavy atom. The predicted molar refractivity (Wildman–Crippen MR) is 85.0 cm³/mol. The van der Waals surface area contributed by atoms with Crippen molar-refractivity contribution in [2.75, 3.05) is 19.6 Å². The van der Waals surface area contributed by atoms with Gasteiger partial charge in [-0.2, -0.15) is 0 Å². The zero-order chi connectivity index (χ0) is 18.2. The highest BCUT2D eigenvalue weighted by atomic mass is 16.3. The van der Waals surface area contributed by atoms with Gasteiger partial charge in [0.15, 0.2) is 5.76 Å². The molecule has 0 unspecified atom stereocenters. The van der Waals surface area contributed by atoms with Crippen LogP contribution in [0, 0.1) is 0 Å². The van der Waals surface area contributed by atoms with E-state index in [1.807, 2.05) is 20.8 Å². The van der Waals surface area contributed by atoms with Gasteiger partial charge in [0.2, 0.25) is 17.7 Å². The lowest BCUT2D eigenvalue weighted by Crippen LogP contribution is -2.48. The van der Waals surface area contributed by atoms with Crippen LogP contribution in [0.25, 0.3) is 0 Å². The minimum atomic E-state index is -0.538. The van der Waals surface area contributed by atoms with Gasteiger partial charge in [0.1, 0.15) is 0 Å². The van der Waals surface area contributed by atoms with E-state index in [0.29, 0.717) is 0 Å². The van der Waals surface area contributed by atoms with Gasteiger partial charge in [-0.3, -0.25) is 19.2 Å². The second-order valence-corrected chi connectivity index (χ2v) is 6.01. The Hall–Kier alpha value is -2.84. The molecule has 0 bridgehead atoms. The Balaban J connectivity index is 2.18. The summed E-state index contributed by atoms with van der Waals surface area (Å²) in [5.74, 6) is -1.81. The number of rotatable bonds is 7. The van der Waals surface area contributed by atoms with Crippen LogP contribution in [0.15, 0.2) is 22.8 Å². The fourth-order valence-electron chi connectivity index (χ4n) is 1.60. The lowest BCUT2D eigenvalue weighted by molar-refractivity contribution is -0.127. The van der Waals surface area contributed by atoms with E-state index in [1.54, 1.807) is 6.07 Å². The monoisotopic (exact) mass is 338 g/mol. The Labute approximate surface area is 139 Å². The molecule has 1 aromatic rings. The number of furan rings is 1. The van der Waals surface area contributed by atoms with E-state index in [0.717, 1.165) is 0 Å². The molecule has 1 aromatic heterocycles. The summed E-state index contributed by atoms with van der Waals surface area (Å²) in [6.45, 7) is 4.70. The average Bonchev–Trinajstić information content (AvgIpc) is 3.01. The van der Waals surface area contributed by atoms with E-state index in [-0.39, 0.29) is 36.8 Å². The van der Waals surface area contributed by atoms with Crippen LogP contribution in [-0.2, 0) is 14.4 Å². The molecule has 1 rings (SSSR count). The van der Waals surface area contributed by atoms with Crippen molar-refractivity contribution < 1.29 is 23.6 Å². The highest BCUT2D eigenvalue weighted by Gasteiger charge is 2.15. The van der Waals surface area contributed by atoms with E-state index in [4.69, 9.17) is 4.42 Å². The van der Waals surface area contributed by atoms with Crippen LogP contribution in [0.4, 0.5) is 0 Å². The standard InChI is InChI=1S/C15H22N4O5/c1-15(2,3)19-13(22)9-17-11(20)7-16-12(21)8-18-14(23)10-5-4-6-24-10/h4-6H,7-9H2,1-3H3,(H,16,21)(H,17,20)(H,18,23)(H,19,22). The second kappa shape index (κ2) is 8.70. The number of carbonyl (C=O) groups excluding carboxylic acids is 4. The summed E-state index contributed by atoms with van der Waals surface area (Å²) in [6, 6.07) is 3.01. The highest BCUT2D eigenvalue weighted by molar-refractivity contribution is 5.95. The molecule has 0 aliphatic rings. The van der Waals surface area contributed by atoms with Crippen molar-refractivity contribution in [3.8, 4) is 0 Å². The van der Waals surface area contributed by atoms with E-state index in [1.165, 1.54) is 12.3 Å². The molecule has 132 valence electrons. The van der Waals surface area contributed by atoms with Gasteiger partial charge in [-0.1, -0.05) is 0 Å². The van der Waals surface area contributed by atoms with Gasteiger partial charge in [-0.25, -0.2) is 0 Å². The maximum Gasteiger partial charge on any atom is 0.287 e. The maximum absolute atomic E-state index is 11.5. The van der Waals surface area contributed by atoms with Crippen molar-refractivity contribution in [3.05, 3.63) is 24.2 Å². The molecule has 0 radical (unpaired) electrons. The molecule has 0 saturated carbocycles. The van der Waals surface area contributed by atoms with Gasteiger partial charge < -0.3 is 25.7 Å². The summed E-state index contributed by atoms with van der Waals surface area (Å²) in [6.07, 6.45) is 1.34. The largest absolute Gasteiger partial charge is 0.459 e. The number of hydrogen-bond acceptors (Lipinski definition) is 5. The summed E-state index contributed by atoms with van der Waals surface area (Å²) in [4.78, 5) is 46.1. The van der Waals surface area contributed by atoms with Crippen molar-refractivity contribution in [1.29, 1.82) is 0 Å². The third-order valence-corrected chi connectivity index (χ3v) is 2.56. The highest BCUT2D eigenvalue weighted by Crippen LogP contribution is 1.98. The number of carbonyl (C=O) groups is 4. The van der Waals surface area contributed by atoms with Gasteiger partial charge in [-0.05, 0) is 32.9 Å². The first-order valence-electron chi connectivity index (χ1n) is 7.33. The molecule has 0 aliphatic carbocycles. The molecule has 0 aliphatic heterocycles. The fraction of sp³-hybridized carbons (Fsp3) is 0.467. The topological polar surface area (TPSA) is 130 Å². The molecule has 9 nitrogen and oxygen atoms in total. The molecule has 24 heavy (non-hydrogen) atoms. The van der Waals surface area contributed by atoms with Crippen LogP contribution in [0.1, 0.15) is 31.3 Å². The summed E-state index contributed by atoms with van der Waals surface area (Å²) >= 11 is 0. The lowest BCUT2D eigenvalue weighted by atomic mass is 10.1. The van der Waals surface area contributed by atoms with Gasteiger partial charge in [0.25, 0.3) is 5.91 Å². The minimum absolute atomic E-state index is 0.0883. The van der Waals surface area contributed by atoms with Crippen LogP contribution >= 0.6 is 0 Å². The third-order valence-electron chi connectivity index (χ3n) is 2.56.